The number of allylic oxidation sites excluding steroid dienone is 1. The molecule has 0 unspecified atom stereocenters. The summed E-state index contributed by atoms with van der Waals surface area (Å²) in [7, 11) is 2.06. The highest BCUT2D eigenvalue weighted by Crippen LogP contribution is 2.07. The van der Waals surface area contributed by atoms with Crippen LogP contribution in [0.4, 0.5) is 0 Å². The van der Waals surface area contributed by atoms with E-state index in [1.165, 1.54) is 0 Å². The summed E-state index contributed by atoms with van der Waals surface area (Å²) in [4.78, 5) is 8.00. The second-order valence-corrected chi connectivity index (χ2v) is 5.17. The zero-order valence-corrected chi connectivity index (χ0v) is 10.2. The quantitative estimate of drug-likeness (QED) is 0.536. The highest BCUT2D eigenvalue weighted by molar-refractivity contribution is 6.60. The molecule has 0 radical (unpaired) electrons. The van der Waals surface area contributed by atoms with E-state index in [4.69, 9.17) is 22.8 Å². The Kier molecular flexibility index (Phi) is 21.9. The molecule has 0 aliphatic carbocycles. The molecule has 0 rings (SSSR count). The van der Waals surface area contributed by atoms with Gasteiger partial charge in [0.05, 0.1) is 5.76 Å². The van der Waals surface area contributed by atoms with Crippen LogP contribution in [-0.4, -0.2) is 43.2 Å². The van der Waals surface area contributed by atoms with Crippen molar-refractivity contribution in [3.63, 3.8) is 0 Å². The molecule has 6 heteroatoms. The average molecular weight is 254 g/mol. The van der Waals surface area contributed by atoms with Crippen molar-refractivity contribution in [1.82, 2.24) is 0 Å². The molecule has 0 fully saturated rings. The van der Waals surface area contributed by atoms with Gasteiger partial charge in [-0.3, -0.25) is 0 Å². The van der Waals surface area contributed by atoms with Crippen LogP contribution in [0.15, 0.2) is 12.3 Å². The van der Waals surface area contributed by atoms with Gasteiger partial charge >= 0.3 is 8.80 Å². The molecule has 0 N–H and O–H groups in total. The molecule has 0 saturated heterocycles. The van der Waals surface area contributed by atoms with Crippen LogP contribution in [0.3, 0.4) is 0 Å². The fraction of sp³-hybridized carbons (Fsp3) is 0.700. The highest BCUT2D eigenvalue weighted by atomic mass is 28.4. The molecule has 100 valence electrons. The molecular formula is C10H26O5Si. The maximum absolute atomic E-state index is 8.00. The van der Waals surface area contributed by atoms with Crippen molar-refractivity contribution in [3.05, 3.63) is 12.3 Å². The summed E-state index contributed by atoms with van der Waals surface area (Å²) in [5.74, 6) is 0.623. The van der Waals surface area contributed by atoms with Gasteiger partial charge in [0.2, 0.25) is 0 Å². The van der Waals surface area contributed by atoms with Crippen molar-refractivity contribution in [1.29, 1.82) is 0 Å². The molecule has 0 aromatic rings. The van der Waals surface area contributed by atoms with E-state index in [0.717, 1.165) is 0 Å². The highest BCUT2D eigenvalue weighted by Gasteiger charge is 2.39. The van der Waals surface area contributed by atoms with Gasteiger partial charge in [0, 0.05) is 21.3 Å². The number of ether oxygens (including phenoxy) is 1. The van der Waals surface area contributed by atoms with Gasteiger partial charge in [-0.05, 0) is 6.92 Å². The van der Waals surface area contributed by atoms with E-state index >= 15 is 0 Å². The van der Waals surface area contributed by atoms with Gasteiger partial charge in [0.15, 0.2) is 6.23 Å². The fourth-order valence-corrected chi connectivity index (χ4v) is 1.92. The SMILES string of the molecule is C.C.C=C(C)OC[Si](OC)(OC)OC.C=O. The van der Waals surface area contributed by atoms with Crippen molar-refractivity contribution < 1.29 is 22.8 Å². The first-order valence-electron chi connectivity index (χ1n) is 3.83. The van der Waals surface area contributed by atoms with Gasteiger partial charge in [0.25, 0.3) is 0 Å². The molecule has 0 aliphatic heterocycles. The monoisotopic (exact) mass is 254 g/mol. The predicted molar refractivity (Wildman–Crippen MR) is 68.1 cm³/mol. The van der Waals surface area contributed by atoms with Gasteiger partial charge in [-0.2, -0.15) is 0 Å². The Bertz CT molecular complexity index is 151. The van der Waals surface area contributed by atoms with Gasteiger partial charge in [0.1, 0.15) is 6.79 Å². The Labute approximate surface area is 101 Å². The number of rotatable bonds is 6. The number of hydrogen-bond donors (Lipinski definition) is 0. The first-order chi connectivity index (χ1) is 6.60. The van der Waals surface area contributed by atoms with Crippen LogP contribution in [0.1, 0.15) is 21.8 Å². The van der Waals surface area contributed by atoms with Crippen LogP contribution in [0.25, 0.3) is 0 Å². The van der Waals surface area contributed by atoms with Crippen LogP contribution >= 0.6 is 0 Å². The summed E-state index contributed by atoms with van der Waals surface area (Å²) < 4.78 is 20.5. The van der Waals surface area contributed by atoms with Crippen molar-refractivity contribution in [2.75, 3.05) is 27.6 Å². The summed E-state index contributed by atoms with van der Waals surface area (Å²) in [6, 6.07) is 0. The Morgan fingerprint density at radius 2 is 1.38 bits per heavy atom. The van der Waals surface area contributed by atoms with E-state index in [2.05, 4.69) is 6.58 Å². The standard InChI is InChI=1S/C7H16O4Si.CH2O.2CH4/c1-7(2)11-6-12(8-3,9-4)10-5;1-2;;/h1,6H2,2-5H3;1H2;2*1H4. The average Bonchev–Trinajstić information content (AvgIpc) is 2.23. The Morgan fingerprint density at radius 3 is 1.56 bits per heavy atom. The van der Waals surface area contributed by atoms with E-state index in [-0.39, 0.29) is 14.9 Å². The molecular weight excluding hydrogens is 228 g/mol. The summed E-state index contributed by atoms with van der Waals surface area (Å²) >= 11 is 0. The first kappa shape index (κ1) is 24.5. The summed E-state index contributed by atoms with van der Waals surface area (Å²) in [5.41, 5.74) is 0. The lowest BCUT2D eigenvalue weighted by molar-refractivity contribution is -0.0979. The normalized spacial score (nSPS) is 8.75. The zero-order valence-electron chi connectivity index (χ0n) is 9.16. The van der Waals surface area contributed by atoms with Gasteiger partial charge in [-0.15, -0.1) is 0 Å². The lowest BCUT2D eigenvalue weighted by atomic mass is 10.7. The van der Waals surface area contributed by atoms with E-state index in [9.17, 15) is 0 Å². The van der Waals surface area contributed by atoms with E-state index in [1.54, 1.807) is 28.3 Å². The summed E-state index contributed by atoms with van der Waals surface area (Å²) in [5, 5.41) is 0. The molecule has 0 spiro atoms. The summed E-state index contributed by atoms with van der Waals surface area (Å²) in [6.45, 7) is 7.36. The molecule has 16 heavy (non-hydrogen) atoms. The third-order valence-corrected chi connectivity index (χ3v) is 3.79. The van der Waals surface area contributed by atoms with Crippen molar-refractivity contribution in [2.45, 2.75) is 21.8 Å². The van der Waals surface area contributed by atoms with Crippen LogP contribution < -0.4 is 0 Å². The van der Waals surface area contributed by atoms with Gasteiger partial charge < -0.3 is 22.8 Å². The molecule has 5 nitrogen and oxygen atoms in total. The van der Waals surface area contributed by atoms with Crippen molar-refractivity contribution >= 4 is 15.6 Å². The zero-order chi connectivity index (χ0) is 11.6. The molecule has 0 heterocycles. The minimum absolute atomic E-state index is 0. The van der Waals surface area contributed by atoms with Gasteiger partial charge in [-0.25, -0.2) is 0 Å². The smallest absolute Gasteiger partial charge is 0.494 e. The number of hydrogen-bond acceptors (Lipinski definition) is 5. The van der Waals surface area contributed by atoms with E-state index in [1.807, 2.05) is 6.79 Å². The van der Waals surface area contributed by atoms with E-state index in [0.29, 0.717) is 12.0 Å². The predicted octanol–water partition coefficient (Wildman–Crippen LogP) is 2.04. The molecule has 0 atom stereocenters. The van der Waals surface area contributed by atoms with Gasteiger partial charge in [-0.1, -0.05) is 21.4 Å². The lowest BCUT2D eigenvalue weighted by Gasteiger charge is -2.23. The van der Waals surface area contributed by atoms with Crippen LogP contribution in [0.2, 0.25) is 0 Å². The fourth-order valence-electron chi connectivity index (χ4n) is 0.638. The third kappa shape index (κ3) is 9.85. The minimum atomic E-state index is -2.56. The maximum Gasteiger partial charge on any atom is 0.539 e. The van der Waals surface area contributed by atoms with Crippen LogP contribution in [0.5, 0.6) is 0 Å². The van der Waals surface area contributed by atoms with Crippen LogP contribution in [0, 0.1) is 0 Å². The Hall–Kier alpha value is -0.693. The topological polar surface area (TPSA) is 54.0 Å². The molecule has 0 bridgehead atoms. The number of carbonyl (C=O) groups is 1. The Balaban J connectivity index is -0.000000169. The molecule has 0 saturated carbocycles. The second-order valence-electron chi connectivity index (χ2n) is 2.29. The maximum atomic E-state index is 8.00. The molecule has 0 aromatic carbocycles. The van der Waals surface area contributed by atoms with E-state index < -0.39 is 8.80 Å². The third-order valence-electron chi connectivity index (χ3n) is 1.43. The largest absolute Gasteiger partial charge is 0.539 e. The molecule has 0 aromatic heterocycles. The number of carbonyl (C=O) groups excluding carboxylic acids is 1. The summed E-state index contributed by atoms with van der Waals surface area (Å²) in [6.07, 6.45) is 0.297. The van der Waals surface area contributed by atoms with Crippen LogP contribution in [-0.2, 0) is 22.8 Å². The lowest BCUT2D eigenvalue weighted by Crippen LogP contribution is -2.47. The second kappa shape index (κ2) is 14.3. The van der Waals surface area contributed by atoms with Crippen molar-refractivity contribution in [3.8, 4) is 0 Å². The molecule has 0 amide bonds. The first-order valence-corrected chi connectivity index (χ1v) is 5.76. The van der Waals surface area contributed by atoms with Crippen molar-refractivity contribution in [2.24, 2.45) is 0 Å². The minimum Gasteiger partial charge on any atom is -0.494 e. The Morgan fingerprint density at radius 1 is 1.06 bits per heavy atom. The molecule has 0 aliphatic rings.